The quantitative estimate of drug-likeness (QED) is 0.653. The number of nitrogens with one attached hydrogen (secondary N) is 1. The summed E-state index contributed by atoms with van der Waals surface area (Å²) in [5.74, 6) is 1.75. The maximum Gasteiger partial charge on any atom is 0.236 e. The van der Waals surface area contributed by atoms with Gasteiger partial charge in [0.25, 0.3) is 0 Å². The zero-order valence-corrected chi connectivity index (χ0v) is 15.7. The van der Waals surface area contributed by atoms with Crippen molar-refractivity contribution in [3.8, 4) is 22.8 Å². The maximum atomic E-state index is 12.2. The molecule has 1 amide bonds. The largest absolute Gasteiger partial charge is 0.454 e. The van der Waals surface area contributed by atoms with Crippen LogP contribution in [-0.4, -0.2) is 23.4 Å². The number of benzene rings is 2. The first-order valence-corrected chi connectivity index (χ1v) is 9.89. The normalized spacial score (nSPS) is 12.2. The van der Waals surface area contributed by atoms with Gasteiger partial charge in [0.2, 0.25) is 12.7 Å². The molecule has 0 radical (unpaired) electrons. The van der Waals surface area contributed by atoms with Gasteiger partial charge in [-0.15, -0.1) is 23.1 Å². The summed E-state index contributed by atoms with van der Waals surface area (Å²) in [6, 6.07) is 13.7. The second kappa shape index (κ2) is 7.39. The van der Waals surface area contributed by atoms with Crippen molar-refractivity contribution in [2.75, 3.05) is 17.9 Å². The molecule has 2 heterocycles. The fraction of sp³-hybridized carbons (Fsp3) is 0.158. The Bertz CT molecular complexity index is 955. The molecule has 5 nitrogen and oxygen atoms in total. The molecule has 0 atom stereocenters. The van der Waals surface area contributed by atoms with E-state index in [9.17, 15) is 4.79 Å². The molecule has 0 fully saturated rings. The highest BCUT2D eigenvalue weighted by Crippen LogP contribution is 2.36. The number of ether oxygens (including phenoxy) is 2. The minimum absolute atomic E-state index is 0.0650. The summed E-state index contributed by atoms with van der Waals surface area (Å²) in [7, 11) is 0. The summed E-state index contributed by atoms with van der Waals surface area (Å²) < 4.78 is 10.7. The maximum absolute atomic E-state index is 12.2. The molecule has 4 rings (SSSR count). The van der Waals surface area contributed by atoms with E-state index in [0.29, 0.717) is 10.9 Å². The lowest BCUT2D eigenvalue weighted by Gasteiger charge is -2.05. The van der Waals surface area contributed by atoms with Crippen LogP contribution >= 0.6 is 23.1 Å². The molecule has 1 aliphatic heterocycles. The number of aryl methyl sites for hydroxylation is 1. The summed E-state index contributed by atoms with van der Waals surface area (Å²) in [6.45, 7) is 2.29. The van der Waals surface area contributed by atoms with Crippen LogP contribution < -0.4 is 14.8 Å². The minimum Gasteiger partial charge on any atom is -0.454 e. The fourth-order valence-electron chi connectivity index (χ4n) is 2.54. The van der Waals surface area contributed by atoms with Gasteiger partial charge in [0.15, 0.2) is 16.6 Å². The van der Waals surface area contributed by atoms with Crippen LogP contribution in [-0.2, 0) is 4.79 Å². The van der Waals surface area contributed by atoms with Crippen molar-refractivity contribution in [3.63, 3.8) is 0 Å². The highest BCUT2D eigenvalue weighted by atomic mass is 32.2. The predicted octanol–water partition coefficient (Wildman–Crippen LogP) is 4.58. The number of anilines is 1. The van der Waals surface area contributed by atoms with Gasteiger partial charge in [-0.2, -0.15) is 0 Å². The third kappa shape index (κ3) is 3.68. The molecule has 1 N–H and O–H groups in total. The topological polar surface area (TPSA) is 60.5 Å². The zero-order chi connectivity index (χ0) is 17.9. The van der Waals surface area contributed by atoms with E-state index in [0.717, 1.165) is 27.7 Å². The lowest BCUT2D eigenvalue weighted by molar-refractivity contribution is -0.113. The third-order valence-corrected chi connectivity index (χ3v) is 5.80. The minimum atomic E-state index is -0.0650. The number of nitrogens with zero attached hydrogens (tertiary/aromatic N) is 1. The first kappa shape index (κ1) is 16.9. The van der Waals surface area contributed by atoms with Gasteiger partial charge in [-0.05, 0) is 36.8 Å². The van der Waals surface area contributed by atoms with E-state index in [1.54, 1.807) is 0 Å². The van der Waals surface area contributed by atoms with Crippen molar-refractivity contribution in [1.29, 1.82) is 0 Å². The van der Waals surface area contributed by atoms with E-state index in [2.05, 4.69) is 10.3 Å². The van der Waals surface area contributed by atoms with Gasteiger partial charge in [0, 0.05) is 15.8 Å². The van der Waals surface area contributed by atoms with Crippen LogP contribution in [0, 0.1) is 6.92 Å². The first-order chi connectivity index (χ1) is 12.7. The number of thioether (sulfide) groups is 1. The van der Waals surface area contributed by atoms with Gasteiger partial charge in [-0.1, -0.05) is 18.2 Å². The molecule has 0 saturated carbocycles. The number of amides is 1. The molecule has 1 aliphatic rings. The van der Waals surface area contributed by atoms with E-state index in [1.165, 1.54) is 28.7 Å². The van der Waals surface area contributed by atoms with Crippen LogP contribution in [0.5, 0.6) is 11.5 Å². The van der Waals surface area contributed by atoms with Crippen LogP contribution in [0.4, 0.5) is 5.13 Å². The molecule has 3 aromatic rings. The third-order valence-electron chi connectivity index (χ3n) is 3.87. The molecule has 0 bridgehead atoms. The molecule has 132 valence electrons. The Morgan fingerprint density at radius 1 is 1.23 bits per heavy atom. The summed E-state index contributed by atoms with van der Waals surface area (Å²) >= 11 is 2.93. The van der Waals surface area contributed by atoms with Gasteiger partial charge < -0.3 is 14.8 Å². The highest BCUT2D eigenvalue weighted by Gasteiger charge is 2.15. The van der Waals surface area contributed by atoms with E-state index in [-0.39, 0.29) is 12.7 Å². The molecule has 1 aromatic heterocycles. The standard InChI is InChI=1S/C19H16N2O3S2/c1-12-4-2-3-5-17(12)25-10-18(22)21-19-20-14(9-26-19)13-6-7-15-16(8-13)24-11-23-15/h2-9H,10-11H2,1H3,(H,20,21,22). The van der Waals surface area contributed by atoms with Crippen molar-refractivity contribution in [1.82, 2.24) is 4.98 Å². The van der Waals surface area contributed by atoms with E-state index in [1.807, 2.05) is 54.8 Å². The lowest BCUT2D eigenvalue weighted by Crippen LogP contribution is -2.13. The Morgan fingerprint density at radius 2 is 2.08 bits per heavy atom. The van der Waals surface area contributed by atoms with Gasteiger partial charge >= 0.3 is 0 Å². The fourth-order valence-corrected chi connectivity index (χ4v) is 4.10. The van der Waals surface area contributed by atoms with Crippen molar-refractivity contribution in [2.45, 2.75) is 11.8 Å². The first-order valence-electron chi connectivity index (χ1n) is 8.03. The molecule has 0 unspecified atom stereocenters. The van der Waals surface area contributed by atoms with E-state index in [4.69, 9.17) is 9.47 Å². The molecule has 0 spiro atoms. The molecule has 2 aromatic carbocycles. The molecule has 0 aliphatic carbocycles. The summed E-state index contributed by atoms with van der Waals surface area (Å²) in [4.78, 5) is 17.8. The van der Waals surface area contributed by atoms with Crippen LogP contribution in [0.15, 0.2) is 52.7 Å². The van der Waals surface area contributed by atoms with Gasteiger partial charge in [0.05, 0.1) is 11.4 Å². The van der Waals surface area contributed by atoms with Crippen LogP contribution in [0.3, 0.4) is 0 Å². The smallest absolute Gasteiger partial charge is 0.236 e. The predicted molar refractivity (Wildman–Crippen MR) is 104 cm³/mol. The van der Waals surface area contributed by atoms with Gasteiger partial charge in [-0.25, -0.2) is 4.98 Å². The number of hydrogen-bond acceptors (Lipinski definition) is 6. The van der Waals surface area contributed by atoms with Crippen molar-refractivity contribution in [3.05, 3.63) is 53.4 Å². The van der Waals surface area contributed by atoms with Crippen molar-refractivity contribution < 1.29 is 14.3 Å². The molecule has 26 heavy (non-hydrogen) atoms. The summed E-state index contributed by atoms with van der Waals surface area (Å²) in [6.07, 6.45) is 0. The zero-order valence-electron chi connectivity index (χ0n) is 14.0. The second-order valence-corrected chi connectivity index (χ2v) is 7.58. The highest BCUT2D eigenvalue weighted by molar-refractivity contribution is 8.00. The molecular formula is C19H16N2O3S2. The molecule has 7 heteroatoms. The Kier molecular flexibility index (Phi) is 4.81. The van der Waals surface area contributed by atoms with Crippen LogP contribution in [0.2, 0.25) is 0 Å². The number of carbonyl (C=O) groups is 1. The second-order valence-electron chi connectivity index (χ2n) is 5.71. The summed E-state index contributed by atoms with van der Waals surface area (Å²) in [5, 5.41) is 5.37. The van der Waals surface area contributed by atoms with Gasteiger partial charge in [-0.3, -0.25) is 4.79 Å². The average Bonchev–Trinajstić information content (AvgIpc) is 3.29. The monoisotopic (exact) mass is 384 g/mol. The van der Waals surface area contributed by atoms with Crippen molar-refractivity contribution in [2.24, 2.45) is 0 Å². The van der Waals surface area contributed by atoms with Crippen LogP contribution in [0.1, 0.15) is 5.56 Å². The van der Waals surface area contributed by atoms with E-state index >= 15 is 0 Å². The van der Waals surface area contributed by atoms with Crippen LogP contribution in [0.25, 0.3) is 11.3 Å². The number of carbonyl (C=O) groups excluding carboxylic acids is 1. The molecule has 0 saturated heterocycles. The number of aromatic nitrogens is 1. The Morgan fingerprint density at radius 3 is 2.96 bits per heavy atom. The Balaban J connectivity index is 1.39. The molecular weight excluding hydrogens is 368 g/mol. The summed E-state index contributed by atoms with van der Waals surface area (Å²) in [5.41, 5.74) is 2.90. The number of rotatable bonds is 5. The number of hydrogen-bond donors (Lipinski definition) is 1. The number of fused-ring (bicyclic) bond motifs is 1. The Labute approximate surface area is 159 Å². The van der Waals surface area contributed by atoms with Gasteiger partial charge in [0.1, 0.15) is 0 Å². The van der Waals surface area contributed by atoms with E-state index < -0.39 is 0 Å². The SMILES string of the molecule is Cc1ccccc1SCC(=O)Nc1nc(-c2ccc3c(c2)OCO3)cs1. The average molecular weight is 384 g/mol. The Hall–Kier alpha value is -2.51. The number of thiazole rings is 1. The van der Waals surface area contributed by atoms with Crippen molar-refractivity contribution >= 4 is 34.1 Å². The lowest BCUT2D eigenvalue weighted by atomic mass is 10.1.